The molecule has 1 atom stereocenters. The Morgan fingerprint density at radius 2 is 1.53 bits per heavy atom. The Kier molecular flexibility index (Phi) is 8.94. The highest BCUT2D eigenvalue weighted by Crippen LogP contribution is 2.29. The summed E-state index contributed by atoms with van der Waals surface area (Å²) >= 11 is 0. The largest absolute Gasteiger partial charge is 0.497 e. The number of methoxy groups -OCH3 is 1. The fourth-order valence-corrected chi connectivity index (χ4v) is 2.95. The Hall–Kier alpha value is -4.15. The molecule has 0 saturated carbocycles. The molecule has 0 radical (unpaired) electrons. The lowest BCUT2D eigenvalue weighted by Crippen LogP contribution is -2.45. The van der Waals surface area contributed by atoms with E-state index < -0.39 is 34.3 Å². The standard InChI is InChI=1S/C23H26N2O9/c1-23(2,21(28)33-13-16-6-10-18(32-3)11-7-16)19(20(26)27)12-24-22(29)34-14-15-4-8-17(9-5-15)25(30)31/h4-11,19H,12-14H2,1-3H3,(H,24,29)(H,26,27). The Labute approximate surface area is 195 Å². The van der Waals surface area contributed by atoms with Crippen molar-refractivity contribution in [3.63, 3.8) is 0 Å². The van der Waals surface area contributed by atoms with Crippen LogP contribution in [0.25, 0.3) is 0 Å². The van der Waals surface area contributed by atoms with Gasteiger partial charge >= 0.3 is 18.0 Å². The fourth-order valence-electron chi connectivity index (χ4n) is 2.95. The quantitative estimate of drug-likeness (QED) is 0.283. The molecule has 0 spiro atoms. The van der Waals surface area contributed by atoms with Crippen LogP contribution < -0.4 is 10.1 Å². The maximum atomic E-state index is 12.6. The highest BCUT2D eigenvalue weighted by molar-refractivity contribution is 5.84. The molecule has 11 heteroatoms. The highest BCUT2D eigenvalue weighted by atomic mass is 16.6. The predicted molar refractivity (Wildman–Crippen MR) is 119 cm³/mol. The van der Waals surface area contributed by atoms with Gasteiger partial charge in [0.15, 0.2) is 0 Å². The molecule has 2 aromatic rings. The Morgan fingerprint density at radius 1 is 1.00 bits per heavy atom. The van der Waals surface area contributed by atoms with Gasteiger partial charge in [-0.15, -0.1) is 0 Å². The summed E-state index contributed by atoms with van der Waals surface area (Å²) in [6, 6.07) is 12.3. The van der Waals surface area contributed by atoms with E-state index in [2.05, 4.69) is 5.32 Å². The average molecular weight is 474 g/mol. The normalized spacial score (nSPS) is 11.7. The molecule has 0 saturated heterocycles. The number of alkyl carbamates (subject to hydrolysis) is 1. The lowest BCUT2D eigenvalue weighted by molar-refractivity contribution is -0.384. The molecule has 0 aliphatic heterocycles. The molecule has 2 N–H and O–H groups in total. The van der Waals surface area contributed by atoms with Gasteiger partial charge < -0.3 is 24.6 Å². The van der Waals surface area contributed by atoms with Gasteiger partial charge in [0.05, 0.1) is 23.4 Å². The molecular weight excluding hydrogens is 448 g/mol. The van der Waals surface area contributed by atoms with Crippen LogP contribution in [0.4, 0.5) is 10.5 Å². The van der Waals surface area contributed by atoms with Crippen LogP contribution in [0, 0.1) is 21.4 Å². The lowest BCUT2D eigenvalue weighted by atomic mass is 9.78. The van der Waals surface area contributed by atoms with Gasteiger partial charge in [-0.2, -0.15) is 0 Å². The van der Waals surface area contributed by atoms with Crippen molar-refractivity contribution in [3.05, 3.63) is 69.8 Å². The number of hydrogen-bond donors (Lipinski definition) is 2. The summed E-state index contributed by atoms with van der Waals surface area (Å²) in [5, 5.41) is 22.6. The summed E-state index contributed by atoms with van der Waals surface area (Å²) in [7, 11) is 1.53. The molecule has 1 unspecified atom stereocenters. The molecule has 0 fully saturated rings. The van der Waals surface area contributed by atoms with E-state index in [1.807, 2.05) is 0 Å². The number of nitro benzene ring substituents is 1. The first kappa shape index (κ1) is 26.1. The number of ether oxygens (including phenoxy) is 3. The number of nitrogens with zero attached hydrogens (tertiary/aromatic N) is 1. The van der Waals surface area contributed by atoms with Crippen LogP contribution >= 0.6 is 0 Å². The van der Waals surface area contributed by atoms with E-state index in [0.29, 0.717) is 16.9 Å². The smallest absolute Gasteiger partial charge is 0.407 e. The lowest BCUT2D eigenvalue weighted by Gasteiger charge is -2.29. The number of nitro groups is 1. The summed E-state index contributed by atoms with van der Waals surface area (Å²) in [5.41, 5.74) is -0.342. The molecule has 0 heterocycles. The second-order valence-electron chi connectivity index (χ2n) is 7.92. The summed E-state index contributed by atoms with van der Waals surface area (Å²) in [6.07, 6.45) is -0.896. The van der Waals surface area contributed by atoms with Gasteiger partial charge in [-0.05, 0) is 49.2 Å². The fraction of sp³-hybridized carbons (Fsp3) is 0.348. The number of carboxylic acid groups (broad SMARTS) is 1. The van der Waals surface area contributed by atoms with Gasteiger partial charge in [-0.1, -0.05) is 12.1 Å². The number of benzene rings is 2. The summed E-state index contributed by atoms with van der Waals surface area (Å²) in [4.78, 5) is 46.6. The van der Waals surface area contributed by atoms with Gasteiger partial charge in [-0.25, -0.2) is 4.79 Å². The van der Waals surface area contributed by atoms with Crippen molar-refractivity contribution in [2.24, 2.45) is 11.3 Å². The molecule has 2 aromatic carbocycles. The van der Waals surface area contributed by atoms with Crippen molar-refractivity contribution in [1.29, 1.82) is 0 Å². The van der Waals surface area contributed by atoms with Crippen LogP contribution in [0.15, 0.2) is 48.5 Å². The first-order chi connectivity index (χ1) is 16.0. The van der Waals surface area contributed by atoms with Crippen molar-refractivity contribution >= 4 is 23.7 Å². The van der Waals surface area contributed by atoms with Gasteiger partial charge in [0.1, 0.15) is 19.0 Å². The van der Waals surface area contributed by atoms with Crippen LogP contribution in [-0.2, 0) is 32.3 Å². The van der Waals surface area contributed by atoms with Gasteiger partial charge in [0.25, 0.3) is 5.69 Å². The van der Waals surface area contributed by atoms with E-state index >= 15 is 0 Å². The van der Waals surface area contributed by atoms with Crippen molar-refractivity contribution in [1.82, 2.24) is 5.32 Å². The number of amides is 1. The molecule has 0 aliphatic rings. The van der Waals surface area contributed by atoms with E-state index in [1.54, 1.807) is 24.3 Å². The van der Waals surface area contributed by atoms with Crippen molar-refractivity contribution in [2.75, 3.05) is 13.7 Å². The first-order valence-electron chi connectivity index (χ1n) is 10.2. The van der Waals surface area contributed by atoms with Crippen molar-refractivity contribution in [2.45, 2.75) is 27.1 Å². The number of aliphatic carboxylic acids is 1. The molecule has 11 nitrogen and oxygen atoms in total. The molecule has 0 aromatic heterocycles. The summed E-state index contributed by atoms with van der Waals surface area (Å²) in [6.45, 7) is 2.25. The van der Waals surface area contributed by atoms with Gasteiger partial charge in [0, 0.05) is 18.7 Å². The number of carbonyl (C=O) groups excluding carboxylic acids is 2. The molecule has 0 aliphatic carbocycles. The third-order valence-electron chi connectivity index (χ3n) is 5.19. The molecule has 182 valence electrons. The van der Waals surface area contributed by atoms with E-state index in [9.17, 15) is 29.6 Å². The number of nitrogens with one attached hydrogen (secondary N) is 1. The molecule has 34 heavy (non-hydrogen) atoms. The second-order valence-corrected chi connectivity index (χ2v) is 7.92. The van der Waals surface area contributed by atoms with Crippen molar-refractivity contribution in [3.8, 4) is 5.75 Å². The minimum absolute atomic E-state index is 0.0523. The topological polar surface area (TPSA) is 154 Å². The number of hydrogen-bond acceptors (Lipinski definition) is 8. The van der Waals surface area contributed by atoms with Gasteiger partial charge in [-0.3, -0.25) is 19.7 Å². The van der Waals surface area contributed by atoms with Crippen molar-refractivity contribution < 1.29 is 38.6 Å². The Bertz CT molecular complexity index is 1020. The zero-order valence-electron chi connectivity index (χ0n) is 19.0. The van der Waals surface area contributed by atoms with Crippen LogP contribution in [0.2, 0.25) is 0 Å². The molecule has 0 bridgehead atoms. The summed E-state index contributed by atoms with van der Waals surface area (Å²) in [5.74, 6) is -2.67. The summed E-state index contributed by atoms with van der Waals surface area (Å²) < 4.78 is 15.4. The maximum absolute atomic E-state index is 12.6. The second kappa shape index (κ2) is 11.6. The first-order valence-corrected chi connectivity index (χ1v) is 10.2. The van der Waals surface area contributed by atoms with E-state index in [4.69, 9.17) is 14.2 Å². The minimum Gasteiger partial charge on any atom is -0.497 e. The number of carboxylic acids is 1. The van der Waals surface area contributed by atoms with E-state index in [-0.39, 0.29) is 25.4 Å². The third kappa shape index (κ3) is 7.19. The Balaban J connectivity index is 1.89. The molecular formula is C23H26N2O9. The van der Waals surface area contributed by atoms with E-state index in [1.165, 1.54) is 45.2 Å². The third-order valence-corrected chi connectivity index (χ3v) is 5.19. The number of non-ortho nitro benzene ring substituents is 1. The SMILES string of the molecule is COc1ccc(COC(=O)C(C)(C)C(CNC(=O)OCc2ccc([N+](=O)[O-])cc2)C(=O)O)cc1. The predicted octanol–water partition coefficient (Wildman–Crippen LogP) is 3.30. The minimum atomic E-state index is -1.45. The van der Waals surface area contributed by atoms with Crippen LogP contribution in [-0.4, -0.2) is 41.7 Å². The van der Waals surface area contributed by atoms with Crippen LogP contribution in [0.5, 0.6) is 5.75 Å². The monoisotopic (exact) mass is 474 g/mol. The molecule has 2 rings (SSSR count). The highest BCUT2D eigenvalue weighted by Gasteiger charge is 2.43. The number of carbonyl (C=O) groups is 3. The number of esters is 1. The zero-order valence-corrected chi connectivity index (χ0v) is 19.0. The van der Waals surface area contributed by atoms with Crippen LogP contribution in [0.3, 0.4) is 0 Å². The zero-order chi connectivity index (χ0) is 25.3. The average Bonchev–Trinajstić information content (AvgIpc) is 2.81. The Morgan fingerprint density at radius 3 is 2.03 bits per heavy atom. The van der Waals surface area contributed by atoms with Gasteiger partial charge in [0.2, 0.25) is 0 Å². The maximum Gasteiger partial charge on any atom is 0.407 e. The van der Waals surface area contributed by atoms with Crippen LogP contribution in [0.1, 0.15) is 25.0 Å². The van der Waals surface area contributed by atoms with E-state index in [0.717, 1.165) is 0 Å². The number of rotatable bonds is 11. The molecule has 1 amide bonds.